The predicted molar refractivity (Wildman–Crippen MR) is 66.0 cm³/mol. The lowest BCUT2D eigenvalue weighted by Gasteiger charge is -2.26. The van der Waals surface area contributed by atoms with Gasteiger partial charge in [-0.2, -0.15) is 0 Å². The number of hydrogen-bond acceptors (Lipinski definition) is 2. The molecule has 1 fully saturated rings. The van der Waals surface area contributed by atoms with Crippen molar-refractivity contribution in [3.8, 4) is 0 Å². The van der Waals surface area contributed by atoms with Gasteiger partial charge in [-0.05, 0) is 38.8 Å². The first-order chi connectivity index (χ1) is 8.15. The smallest absolute Gasteiger partial charge is 0.270 e. The Kier molecular flexibility index (Phi) is 3.52. The second-order valence-corrected chi connectivity index (χ2v) is 4.85. The summed E-state index contributed by atoms with van der Waals surface area (Å²) >= 11 is 0. The minimum Gasteiger partial charge on any atom is -0.395 e. The molecule has 4 heteroatoms. The minimum atomic E-state index is 0.00799. The van der Waals surface area contributed by atoms with Gasteiger partial charge >= 0.3 is 0 Å². The maximum absolute atomic E-state index is 12.4. The van der Waals surface area contributed by atoms with E-state index in [2.05, 4.69) is 4.57 Å². The minimum absolute atomic E-state index is 0.00799. The van der Waals surface area contributed by atoms with Crippen LogP contribution in [0.1, 0.15) is 43.2 Å². The molecule has 0 aliphatic heterocycles. The zero-order chi connectivity index (χ0) is 12.4. The topological polar surface area (TPSA) is 45.5 Å². The van der Waals surface area contributed by atoms with E-state index in [0.29, 0.717) is 12.6 Å². The average Bonchev–Trinajstić information content (AvgIpc) is 3.02. The average molecular weight is 236 g/mol. The fourth-order valence-electron chi connectivity index (χ4n) is 2.10. The van der Waals surface area contributed by atoms with Crippen LogP contribution in [-0.4, -0.2) is 39.7 Å². The van der Waals surface area contributed by atoms with Crippen LogP contribution >= 0.6 is 0 Å². The largest absolute Gasteiger partial charge is 0.395 e. The molecule has 1 heterocycles. The molecule has 1 aliphatic rings. The molecular weight excluding hydrogens is 216 g/mol. The first-order valence-corrected chi connectivity index (χ1v) is 6.23. The van der Waals surface area contributed by atoms with Crippen molar-refractivity contribution in [3.63, 3.8) is 0 Å². The molecule has 4 nitrogen and oxygen atoms in total. The van der Waals surface area contributed by atoms with E-state index in [1.54, 1.807) is 4.90 Å². The highest BCUT2D eigenvalue weighted by Crippen LogP contribution is 2.36. The quantitative estimate of drug-likeness (QED) is 0.845. The van der Waals surface area contributed by atoms with Gasteiger partial charge in [0.25, 0.3) is 5.91 Å². The molecule has 1 N–H and O–H groups in total. The molecule has 1 aliphatic carbocycles. The van der Waals surface area contributed by atoms with Crippen molar-refractivity contribution in [2.45, 2.75) is 38.8 Å². The first-order valence-electron chi connectivity index (χ1n) is 6.23. The summed E-state index contributed by atoms with van der Waals surface area (Å²) in [5, 5.41) is 9.02. The first kappa shape index (κ1) is 12.2. The maximum Gasteiger partial charge on any atom is 0.270 e. The van der Waals surface area contributed by atoms with Gasteiger partial charge in [0.2, 0.25) is 0 Å². The van der Waals surface area contributed by atoms with Crippen LogP contribution in [0.25, 0.3) is 0 Å². The molecule has 2 rings (SSSR count). The third-order valence-electron chi connectivity index (χ3n) is 3.16. The van der Waals surface area contributed by atoms with Crippen LogP contribution in [0.4, 0.5) is 0 Å². The van der Waals surface area contributed by atoms with Gasteiger partial charge in [-0.25, -0.2) is 0 Å². The number of hydrogen-bond donors (Lipinski definition) is 1. The van der Waals surface area contributed by atoms with Crippen molar-refractivity contribution in [1.29, 1.82) is 0 Å². The highest BCUT2D eigenvalue weighted by molar-refractivity contribution is 5.93. The Morgan fingerprint density at radius 2 is 2.29 bits per heavy atom. The molecule has 0 spiro atoms. The molecule has 0 unspecified atom stereocenters. The SMILES string of the molecule is CC(C)N(CCO)C(=O)c1cccn1C1CC1. The maximum atomic E-state index is 12.4. The van der Waals surface area contributed by atoms with Gasteiger partial charge in [0.05, 0.1) is 6.61 Å². The van der Waals surface area contributed by atoms with E-state index in [1.165, 1.54) is 0 Å². The molecule has 0 aromatic carbocycles. The van der Waals surface area contributed by atoms with Crippen molar-refractivity contribution in [2.24, 2.45) is 0 Å². The molecule has 17 heavy (non-hydrogen) atoms. The Morgan fingerprint density at radius 3 is 2.82 bits per heavy atom. The molecule has 0 saturated heterocycles. The van der Waals surface area contributed by atoms with Gasteiger partial charge in [-0.3, -0.25) is 4.79 Å². The zero-order valence-corrected chi connectivity index (χ0v) is 10.5. The summed E-state index contributed by atoms with van der Waals surface area (Å²) in [6, 6.07) is 4.40. The number of amides is 1. The molecule has 0 bridgehead atoms. The third-order valence-corrected chi connectivity index (χ3v) is 3.16. The fourth-order valence-corrected chi connectivity index (χ4v) is 2.10. The summed E-state index contributed by atoms with van der Waals surface area (Å²) in [5.41, 5.74) is 0.745. The highest BCUT2D eigenvalue weighted by atomic mass is 16.3. The van der Waals surface area contributed by atoms with Crippen LogP contribution in [0.3, 0.4) is 0 Å². The Labute approximate surface area is 102 Å². The van der Waals surface area contributed by atoms with Gasteiger partial charge in [0.1, 0.15) is 5.69 Å². The second-order valence-electron chi connectivity index (χ2n) is 4.85. The van der Waals surface area contributed by atoms with Crippen LogP contribution in [-0.2, 0) is 0 Å². The van der Waals surface area contributed by atoms with Gasteiger partial charge < -0.3 is 14.6 Å². The molecule has 1 saturated carbocycles. The lowest BCUT2D eigenvalue weighted by molar-refractivity contribution is 0.0654. The predicted octanol–water partition coefficient (Wildman–Crippen LogP) is 1.67. The number of carbonyl (C=O) groups is 1. The Morgan fingerprint density at radius 1 is 1.59 bits per heavy atom. The molecule has 0 atom stereocenters. The van der Waals surface area contributed by atoms with E-state index in [4.69, 9.17) is 5.11 Å². The van der Waals surface area contributed by atoms with E-state index in [-0.39, 0.29) is 18.6 Å². The standard InChI is InChI=1S/C13H20N2O2/c1-10(2)14(8-9-16)13(17)12-4-3-7-15(12)11-5-6-11/h3-4,7,10-11,16H,5-6,8-9H2,1-2H3. The second kappa shape index (κ2) is 4.92. The normalized spacial score (nSPS) is 15.3. The number of aliphatic hydroxyl groups excluding tert-OH is 1. The van der Waals surface area contributed by atoms with Gasteiger partial charge in [-0.1, -0.05) is 0 Å². The highest BCUT2D eigenvalue weighted by Gasteiger charge is 2.28. The summed E-state index contributed by atoms with van der Waals surface area (Å²) in [6.07, 6.45) is 4.30. The number of carbonyl (C=O) groups excluding carboxylic acids is 1. The molecule has 1 aromatic rings. The summed E-state index contributed by atoms with van der Waals surface area (Å²) in [7, 11) is 0. The summed E-state index contributed by atoms with van der Waals surface area (Å²) in [5.74, 6) is 0.0194. The van der Waals surface area contributed by atoms with Crippen LogP contribution < -0.4 is 0 Å². The van der Waals surface area contributed by atoms with E-state index in [9.17, 15) is 4.79 Å². The monoisotopic (exact) mass is 236 g/mol. The van der Waals surface area contributed by atoms with Crippen LogP contribution in [0.5, 0.6) is 0 Å². The van der Waals surface area contributed by atoms with Crippen molar-refractivity contribution < 1.29 is 9.90 Å². The number of rotatable bonds is 5. The summed E-state index contributed by atoms with van der Waals surface area (Å²) in [4.78, 5) is 14.1. The van der Waals surface area contributed by atoms with Crippen LogP contribution in [0, 0.1) is 0 Å². The van der Waals surface area contributed by atoms with E-state index < -0.39 is 0 Å². The Balaban J connectivity index is 2.19. The van der Waals surface area contributed by atoms with Gasteiger partial charge in [0, 0.05) is 24.8 Å². The number of aromatic nitrogens is 1. The summed E-state index contributed by atoms with van der Waals surface area (Å²) < 4.78 is 2.06. The molecule has 1 amide bonds. The van der Waals surface area contributed by atoms with Gasteiger partial charge in [0.15, 0.2) is 0 Å². The molecular formula is C13H20N2O2. The number of aliphatic hydroxyl groups is 1. The molecule has 94 valence electrons. The Hall–Kier alpha value is -1.29. The van der Waals surface area contributed by atoms with Crippen LogP contribution in [0.2, 0.25) is 0 Å². The molecule has 1 aromatic heterocycles. The van der Waals surface area contributed by atoms with Crippen LogP contribution in [0.15, 0.2) is 18.3 Å². The fraction of sp³-hybridized carbons (Fsp3) is 0.615. The van der Waals surface area contributed by atoms with E-state index >= 15 is 0 Å². The van der Waals surface area contributed by atoms with Crippen molar-refractivity contribution >= 4 is 5.91 Å². The third kappa shape index (κ3) is 2.52. The van der Waals surface area contributed by atoms with Gasteiger partial charge in [-0.15, -0.1) is 0 Å². The Bertz CT molecular complexity index is 394. The molecule has 0 radical (unpaired) electrons. The zero-order valence-electron chi connectivity index (χ0n) is 10.5. The lowest BCUT2D eigenvalue weighted by atomic mass is 10.2. The lowest BCUT2D eigenvalue weighted by Crippen LogP contribution is -2.39. The van der Waals surface area contributed by atoms with Crippen molar-refractivity contribution in [3.05, 3.63) is 24.0 Å². The number of nitrogens with zero attached hydrogens (tertiary/aromatic N) is 2. The van der Waals surface area contributed by atoms with E-state index in [0.717, 1.165) is 18.5 Å². The van der Waals surface area contributed by atoms with Crippen molar-refractivity contribution in [1.82, 2.24) is 9.47 Å². The van der Waals surface area contributed by atoms with E-state index in [1.807, 2.05) is 32.2 Å². The van der Waals surface area contributed by atoms with Crippen molar-refractivity contribution in [2.75, 3.05) is 13.2 Å². The summed E-state index contributed by atoms with van der Waals surface area (Å²) in [6.45, 7) is 4.34.